The van der Waals surface area contributed by atoms with Gasteiger partial charge in [-0.15, -0.1) is 0 Å². The molecule has 0 radical (unpaired) electrons. The molecule has 3 atom stereocenters. The zero-order valence-corrected chi connectivity index (χ0v) is 21.0. The van der Waals surface area contributed by atoms with Crippen molar-refractivity contribution in [2.75, 3.05) is 12.4 Å². The summed E-state index contributed by atoms with van der Waals surface area (Å²) in [4.78, 5) is 42.3. The van der Waals surface area contributed by atoms with Crippen molar-refractivity contribution in [1.82, 2.24) is 5.32 Å². The maximum Gasteiger partial charge on any atom is 0.389 e. The number of halogens is 6. The summed E-state index contributed by atoms with van der Waals surface area (Å²) in [5.41, 5.74) is 1.34. The molecule has 1 aliphatic heterocycles. The summed E-state index contributed by atoms with van der Waals surface area (Å²) < 4.78 is 82.7. The van der Waals surface area contributed by atoms with Gasteiger partial charge in [-0.05, 0) is 31.0 Å². The fraction of sp³-hybridized carbons (Fsp3) is 0.385. The van der Waals surface area contributed by atoms with Crippen molar-refractivity contribution < 1.29 is 50.6 Å². The maximum absolute atomic E-state index is 13.2. The number of fused-ring (bicyclic) bond motifs is 1. The van der Waals surface area contributed by atoms with Crippen molar-refractivity contribution in [2.45, 2.75) is 44.2 Å². The number of rotatable bonds is 10. The zero-order chi connectivity index (χ0) is 29.7. The highest BCUT2D eigenvalue weighted by atomic mass is 19.4. The lowest BCUT2D eigenvalue weighted by molar-refractivity contribution is -0.159. The number of anilines is 1. The molecule has 3 N–H and O–H groups in total. The second-order valence-electron chi connectivity index (χ2n) is 9.01. The van der Waals surface area contributed by atoms with Crippen LogP contribution in [-0.4, -0.2) is 54.2 Å². The van der Waals surface area contributed by atoms with Crippen LogP contribution in [-0.2, 0) is 14.4 Å². The number of hydrogen-bond donors (Lipinski definition) is 3. The number of carboxylic acids is 1. The first-order chi connectivity index (χ1) is 18.7. The van der Waals surface area contributed by atoms with E-state index in [-0.39, 0.29) is 11.4 Å². The van der Waals surface area contributed by atoms with Crippen molar-refractivity contribution >= 4 is 29.2 Å². The quantitative estimate of drug-likeness (QED) is 0.349. The monoisotopic (exact) mass is 573 g/mol. The lowest BCUT2D eigenvalue weighted by Crippen LogP contribution is -2.47. The molecule has 2 amide bonds. The van der Waals surface area contributed by atoms with Crippen LogP contribution < -0.4 is 15.4 Å². The van der Waals surface area contributed by atoms with E-state index in [1.807, 2.05) is 0 Å². The van der Waals surface area contributed by atoms with E-state index < -0.39 is 73.8 Å². The Kier molecular flexibility index (Phi) is 9.43. The number of carboxylic acid groups (broad SMARTS) is 1. The van der Waals surface area contributed by atoms with E-state index in [2.05, 4.69) is 15.6 Å². The average Bonchev–Trinajstić information content (AvgIpc) is 3.00. The smallest absolute Gasteiger partial charge is 0.389 e. The molecule has 216 valence electrons. The molecule has 2 aromatic rings. The number of carbonyl (C=O) groups is 3. The molecule has 14 heteroatoms. The largest absolute Gasteiger partial charge is 0.497 e. The number of carbonyl (C=O) groups excluding carboxylic acids is 2. The number of benzene rings is 2. The molecule has 1 aliphatic rings. The zero-order valence-electron chi connectivity index (χ0n) is 21.0. The third kappa shape index (κ3) is 8.20. The van der Waals surface area contributed by atoms with E-state index >= 15 is 0 Å². The topological polar surface area (TPSA) is 117 Å². The van der Waals surface area contributed by atoms with E-state index in [0.717, 1.165) is 0 Å². The number of nitrogens with one attached hydrogen (secondary N) is 2. The molecule has 40 heavy (non-hydrogen) atoms. The third-order valence-corrected chi connectivity index (χ3v) is 6.19. The Balaban J connectivity index is 2.00. The van der Waals surface area contributed by atoms with Crippen LogP contribution in [0.2, 0.25) is 0 Å². The lowest BCUT2D eigenvalue weighted by Gasteiger charge is -2.25. The molecule has 3 rings (SSSR count). The summed E-state index contributed by atoms with van der Waals surface area (Å²) in [6.07, 6.45) is -16.8. The number of aliphatic imine (C=N–C) groups is 1. The highest BCUT2D eigenvalue weighted by molar-refractivity contribution is 6.20. The van der Waals surface area contributed by atoms with E-state index in [0.29, 0.717) is 16.9 Å². The van der Waals surface area contributed by atoms with Crippen molar-refractivity contribution in [3.8, 4) is 5.75 Å². The number of amides is 2. The lowest BCUT2D eigenvalue weighted by atomic mass is 9.84. The minimum Gasteiger partial charge on any atom is -0.497 e. The Morgan fingerprint density at radius 1 is 1.00 bits per heavy atom. The first kappa shape index (κ1) is 30.4. The molecule has 2 aromatic carbocycles. The van der Waals surface area contributed by atoms with Crippen molar-refractivity contribution in [3.63, 3.8) is 0 Å². The number of ether oxygens (including phenoxy) is 1. The van der Waals surface area contributed by atoms with Gasteiger partial charge in [-0.2, -0.15) is 26.3 Å². The van der Waals surface area contributed by atoms with Crippen LogP contribution in [0.3, 0.4) is 0 Å². The number of benzodiazepines with no additional fused rings is 1. The van der Waals surface area contributed by atoms with Crippen molar-refractivity contribution in [3.05, 3.63) is 59.7 Å². The molecular formula is C26H25F6N3O5. The van der Waals surface area contributed by atoms with Gasteiger partial charge in [0.25, 0.3) is 5.91 Å². The minimum atomic E-state index is -4.81. The number of hydrogen-bond acceptors (Lipinski definition) is 5. The summed E-state index contributed by atoms with van der Waals surface area (Å²) in [7, 11) is 1.41. The van der Waals surface area contributed by atoms with E-state index in [1.54, 1.807) is 42.5 Å². The standard InChI is InChI=1S/C26H25F6N3O5/c1-40-15-7-8-19-18(13-15)20(14-5-3-2-4-6-14)34-21(23(37)33-19)35-22(36)16(9-11-25(27,28)29)17(24(38)39)10-12-26(30,31)32/h2-8,13,16-17,21H,9-12H2,1H3,(H,33,37)(H,35,36)(H,38,39). The van der Waals surface area contributed by atoms with Gasteiger partial charge in [-0.25, -0.2) is 4.99 Å². The van der Waals surface area contributed by atoms with E-state index in [9.17, 15) is 45.8 Å². The molecule has 0 aromatic heterocycles. The summed E-state index contributed by atoms with van der Waals surface area (Å²) in [5.74, 6) is -7.85. The van der Waals surface area contributed by atoms with Gasteiger partial charge >= 0.3 is 18.3 Å². The molecule has 0 aliphatic carbocycles. The maximum atomic E-state index is 13.2. The molecule has 0 spiro atoms. The van der Waals surface area contributed by atoms with Gasteiger partial charge in [0.1, 0.15) is 5.75 Å². The predicted molar refractivity (Wildman–Crippen MR) is 131 cm³/mol. The molecule has 0 saturated heterocycles. The fourth-order valence-corrected chi connectivity index (χ4v) is 4.23. The van der Waals surface area contributed by atoms with Gasteiger partial charge in [-0.3, -0.25) is 14.4 Å². The molecule has 8 nitrogen and oxygen atoms in total. The summed E-state index contributed by atoms with van der Waals surface area (Å²) in [5, 5.41) is 14.2. The molecule has 1 heterocycles. The van der Waals surface area contributed by atoms with Gasteiger partial charge < -0.3 is 20.5 Å². The minimum absolute atomic E-state index is 0.192. The highest BCUT2D eigenvalue weighted by Gasteiger charge is 2.41. The SMILES string of the molecule is COc1ccc2c(c1)C(c1ccccc1)=NC(NC(=O)C(CCC(F)(F)F)C(CCC(F)(F)F)C(=O)O)C(=O)N2. The normalized spacial score (nSPS) is 17.0. The second kappa shape index (κ2) is 12.4. The highest BCUT2D eigenvalue weighted by Crippen LogP contribution is 2.33. The van der Waals surface area contributed by atoms with Crippen LogP contribution in [0.15, 0.2) is 53.5 Å². The number of methoxy groups -OCH3 is 1. The number of aliphatic carboxylic acids is 1. The van der Waals surface area contributed by atoms with E-state index in [4.69, 9.17) is 4.74 Å². The Bertz CT molecular complexity index is 1260. The average molecular weight is 573 g/mol. The van der Waals surface area contributed by atoms with Crippen LogP contribution >= 0.6 is 0 Å². The molecular weight excluding hydrogens is 548 g/mol. The van der Waals surface area contributed by atoms with Crippen LogP contribution in [0.25, 0.3) is 0 Å². The predicted octanol–water partition coefficient (Wildman–Crippen LogP) is 4.93. The van der Waals surface area contributed by atoms with Gasteiger partial charge in [0.15, 0.2) is 0 Å². The number of nitrogens with zero attached hydrogens (tertiary/aromatic N) is 1. The van der Waals surface area contributed by atoms with E-state index in [1.165, 1.54) is 13.2 Å². The molecule has 3 unspecified atom stereocenters. The second-order valence-corrected chi connectivity index (χ2v) is 9.01. The van der Waals surface area contributed by atoms with Gasteiger partial charge in [0, 0.05) is 24.0 Å². The molecule has 0 fully saturated rings. The van der Waals surface area contributed by atoms with Gasteiger partial charge in [0.05, 0.1) is 30.3 Å². The van der Waals surface area contributed by atoms with Gasteiger partial charge in [0.2, 0.25) is 12.1 Å². The Labute approximate surface area is 224 Å². The van der Waals surface area contributed by atoms with Crippen LogP contribution in [0.1, 0.15) is 36.8 Å². The van der Waals surface area contributed by atoms with Crippen LogP contribution in [0, 0.1) is 11.8 Å². The van der Waals surface area contributed by atoms with Crippen LogP contribution in [0.4, 0.5) is 32.0 Å². The molecule has 0 saturated carbocycles. The first-order valence-electron chi connectivity index (χ1n) is 12.0. The Hall–Kier alpha value is -4.10. The fourth-order valence-electron chi connectivity index (χ4n) is 4.23. The van der Waals surface area contributed by atoms with Crippen molar-refractivity contribution in [1.29, 1.82) is 0 Å². The Morgan fingerprint density at radius 3 is 2.15 bits per heavy atom. The van der Waals surface area contributed by atoms with Crippen LogP contribution in [0.5, 0.6) is 5.75 Å². The number of alkyl halides is 6. The van der Waals surface area contributed by atoms with Gasteiger partial charge in [-0.1, -0.05) is 30.3 Å². The summed E-state index contributed by atoms with van der Waals surface area (Å²) >= 11 is 0. The summed E-state index contributed by atoms with van der Waals surface area (Å²) in [6.45, 7) is 0. The summed E-state index contributed by atoms with van der Waals surface area (Å²) in [6, 6.07) is 13.0. The Morgan fingerprint density at radius 2 is 1.60 bits per heavy atom. The first-order valence-corrected chi connectivity index (χ1v) is 12.0. The molecule has 0 bridgehead atoms. The third-order valence-electron chi connectivity index (χ3n) is 6.19. The van der Waals surface area contributed by atoms with Crippen molar-refractivity contribution in [2.24, 2.45) is 16.8 Å².